The van der Waals surface area contributed by atoms with Gasteiger partial charge in [0, 0.05) is 0 Å². The second-order valence-electron chi connectivity index (χ2n) is 11.5. The summed E-state index contributed by atoms with van der Waals surface area (Å²) < 4.78 is 18.1. The lowest BCUT2D eigenvalue weighted by atomic mass is 10.2. The smallest absolute Gasteiger partial charge is 0.120 e. The maximum atomic E-state index is 6.05. The molecule has 0 N–H and O–H groups in total. The Morgan fingerprint density at radius 1 is 0.382 bits per heavy atom. The molecule has 0 aromatic heterocycles. The molecular weight excluding hydrogens is 439 g/mol. The lowest BCUT2D eigenvalue weighted by Crippen LogP contribution is -2.25. The summed E-state index contributed by atoms with van der Waals surface area (Å²) in [5.41, 5.74) is -0.673. The van der Waals surface area contributed by atoms with Crippen LogP contribution in [0.4, 0.5) is 0 Å². The molecule has 0 unspecified atom stereocenters. The number of hydrogen-bond acceptors (Lipinski definition) is 3. The molecule has 4 heteroatoms. The molecule has 0 bridgehead atoms. The van der Waals surface area contributed by atoms with Crippen LogP contribution in [0.1, 0.15) is 62.3 Å². The van der Waals surface area contributed by atoms with E-state index in [2.05, 4.69) is 135 Å². The first-order chi connectivity index (χ1) is 15.7. The van der Waals surface area contributed by atoms with Gasteiger partial charge in [-0.15, -0.1) is 0 Å². The molecule has 0 aliphatic rings. The van der Waals surface area contributed by atoms with E-state index in [4.69, 9.17) is 14.2 Å². The van der Waals surface area contributed by atoms with Gasteiger partial charge in [0.25, 0.3) is 0 Å². The summed E-state index contributed by atoms with van der Waals surface area (Å²) in [7, 11) is -0.749. The van der Waals surface area contributed by atoms with Gasteiger partial charge in [-0.05, 0) is 123 Å². The molecular formula is C30H39O3P. The molecule has 182 valence electrons. The fourth-order valence-electron chi connectivity index (χ4n) is 3.50. The van der Waals surface area contributed by atoms with Crippen molar-refractivity contribution in [3.8, 4) is 17.2 Å². The van der Waals surface area contributed by atoms with Crippen molar-refractivity contribution in [2.45, 2.75) is 79.1 Å². The van der Waals surface area contributed by atoms with E-state index in [0.29, 0.717) is 0 Å². The topological polar surface area (TPSA) is 27.7 Å². The Bertz CT molecular complexity index is 908. The average Bonchev–Trinajstić information content (AvgIpc) is 2.69. The molecule has 0 radical (unpaired) electrons. The molecule has 3 rings (SSSR count). The van der Waals surface area contributed by atoms with Crippen LogP contribution in [0.5, 0.6) is 17.2 Å². The normalized spacial score (nSPS) is 12.5. The molecule has 0 aliphatic heterocycles. The van der Waals surface area contributed by atoms with Crippen LogP contribution in [0.15, 0.2) is 72.8 Å². The minimum atomic E-state index is -0.749. The van der Waals surface area contributed by atoms with Gasteiger partial charge in [-0.2, -0.15) is 0 Å². The highest BCUT2D eigenvalue weighted by molar-refractivity contribution is 7.79. The molecule has 0 amide bonds. The van der Waals surface area contributed by atoms with Gasteiger partial charge in [0.15, 0.2) is 0 Å². The number of rotatable bonds is 6. The van der Waals surface area contributed by atoms with Gasteiger partial charge < -0.3 is 14.2 Å². The van der Waals surface area contributed by atoms with Gasteiger partial charge in [0.05, 0.1) is 0 Å². The minimum Gasteiger partial charge on any atom is -0.488 e. The van der Waals surface area contributed by atoms with Gasteiger partial charge in [-0.3, -0.25) is 0 Å². The third kappa shape index (κ3) is 8.06. The second kappa shape index (κ2) is 10.0. The van der Waals surface area contributed by atoms with E-state index >= 15 is 0 Å². The highest BCUT2D eigenvalue weighted by atomic mass is 31.1. The van der Waals surface area contributed by atoms with Gasteiger partial charge in [-0.25, -0.2) is 0 Å². The molecule has 0 spiro atoms. The molecule has 3 nitrogen and oxygen atoms in total. The summed E-state index contributed by atoms with van der Waals surface area (Å²) in [6.07, 6.45) is 0. The van der Waals surface area contributed by atoms with Crippen molar-refractivity contribution < 1.29 is 14.2 Å². The van der Waals surface area contributed by atoms with Crippen molar-refractivity contribution >= 4 is 23.8 Å². The second-order valence-corrected chi connectivity index (χ2v) is 13.7. The van der Waals surface area contributed by atoms with E-state index in [1.54, 1.807) is 0 Å². The number of hydrogen-bond donors (Lipinski definition) is 0. The fourth-order valence-corrected chi connectivity index (χ4v) is 5.73. The standard InChI is InChI=1S/C30H39O3P/c1-28(2,3)31-22-10-16-25(17-11-22)34(26-18-12-23(13-19-26)32-29(4,5)6)27-20-14-24(15-21-27)33-30(7,8)9/h10-21H,1-9H3. The zero-order valence-electron chi connectivity index (χ0n) is 22.1. The van der Waals surface area contributed by atoms with E-state index in [0.717, 1.165) is 17.2 Å². The van der Waals surface area contributed by atoms with Crippen LogP contribution in [0, 0.1) is 0 Å². The van der Waals surface area contributed by atoms with Crippen molar-refractivity contribution in [3.05, 3.63) is 72.8 Å². The summed E-state index contributed by atoms with van der Waals surface area (Å²) in [6.45, 7) is 18.6. The Morgan fingerprint density at radius 3 is 0.765 bits per heavy atom. The maximum Gasteiger partial charge on any atom is 0.120 e. The molecule has 3 aromatic rings. The molecule has 0 heterocycles. The van der Waals surface area contributed by atoms with Crippen molar-refractivity contribution in [3.63, 3.8) is 0 Å². The minimum absolute atomic E-state index is 0.224. The quantitative estimate of drug-likeness (QED) is 0.358. The number of ether oxygens (including phenoxy) is 3. The van der Waals surface area contributed by atoms with Crippen LogP contribution in [0.2, 0.25) is 0 Å². The Kier molecular flexibility index (Phi) is 7.68. The van der Waals surface area contributed by atoms with Crippen molar-refractivity contribution in [2.75, 3.05) is 0 Å². The van der Waals surface area contributed by atoms with E-state index < -0.39 is 7.92 Å². The van der Waals surface area contributed by atoms with E-state index in [9.17, 15) is 0 Å². The van der Waals surface area contributed by atoms with Crippen molar-refractivity contribution in [1.29, 1.82) is 0 Å². The summed E-state index contributed by atoms with van der Waals surface area (Å²) in [5.74, 6) is 2.65. The average molecular weight is 479 g/mol. The molecule has 0 saturated carbocycles. The van der Waals surface area contributed by atoms with Crippen LogP contribution in [-0.2, 0) is 0 Å². The first-order valence-corrected chi connectivity index (χ1v) is 13.2. The molecule has 0 atom stereocenters. The van der Waals surface area contributed by atoms with Gasteiger partial charge in [-0.1, -0.05) is 36.4 Å². The lowest BCUT2D eigenvalue weighted by molar-refractivity contribution is 0.130. The van der Waals surface area contributed by atoms with E-state index in [1.807, 2.05) is 0 Å². The summed E-state index contributed by atoms with van der Waals surface area (Å²) in [6, 6.07) is 25.6. The van der Waals surface area contributed by atoms with Crippen molar-refractivity contribution in [1.82, 2.24) is 0 Å². The summed E-state index contributed by atoms with van der Waals surface area (Å²) in [4.78, 5) is 0. The Balaban J connectivity index is 1.97. The molecule has 0 aliphatic carbocycles. The Morgan fingerprint density at radius 2 is 0.588 bits per heavy atom. The highest BCUT2D eigenvalue weighted by Crippen LogP contribution is 2.35. The first-order valence-electron chi connectivity index (χ1n) is 11.9. The van der Waals surface area contributed by atoms with Gasteiger partial charge in [0.1, 0.15) is 34.1 Å². The fraction of sp³-hybridized carbons (Fsp3) is 0.400. The predicted octanol–water partition coefficient (Wildman–Crippen LogP) is 6.98. The van der Waals surface area contributed by atoms with Crippen LogP contribution in [-0.4, -0.2) is 16.8 Å². The highest BCUT2D eigenvalue weighted by Gasteiger charge is 2.20. The first kappa shape index (κ1) is 26.1. The zero-order valence-corrected chi connectivity index (χ0v) is 23.0. The van der Waals surface area contributed by atoms with Crippen LogP contribution in [0.25, 0.3) is 0 Å². The van der Waals surface area contributed by atoms with Gasteiger partial charge in [0.2, 0.25) is 0 Å². The summed E-state index contributed by atoms with van der Waals surface area (Å²) >= 11 is 0. The monoisotopic (exact) mass is 478 g/mol. The predicted molar refractivity (Wildman–Crippen MR) is 146 cm³/mol. The number of benzene rings is 3. The largest absolute Gasteiger partial charge is 0.488 e. The third-order valence-electron chi connectivity index (χ3n) is 4.56. The van der Waals surface area contributed by atoms with Gasteiger partial charge >= 0.3 is 0 Å². The van der Waals surface area contributed by atoms with E-state index in [-0.39, 0.29) is 16.8 Å². The van der Waals surface area contributed by atoms with Crippen LogP contribution in [0.3, 0.4) is 0 Å². The van der Waals surface area contributed by atoms with Crippen LogP contribution >= 0.6 is 7.92 Å². The Labute approximate surface area is 207 Å². The lowest BCUT2D eigenvalue weighted by Gasteiger charge is -2.25. The maximum absolute atomic E-state index is 6.05. The molecule has 0 fully saturated rings. The molecule has 0 saturated heterocycles. The third-order valence-corrected chi connectivity index (χ3v) is 7.00. The molecule has 34 heavy (non-hydrogen) atoms. The zero-order chi connectivity index (χ0) is 25.1. The van der Waals surface area contributed by atoms with Crippen molar-refractivity contribution in [2.24, 2.45) is 0 Å². The Hall–Kier alpha value is -2.51. The van der Waals surface area contributed by atoms with Crippen LogP contribution < -0.4 is 30.1 Å². The van der Waals surface area contributed by atoms with E-state index in [1.165, 1.54) is 15.9 Å². The summed E-state index contributed by atoms with van der Waals surface area (Å²) in [5, 5.41) is 3.81. The molecule has 3 aromatic carbocycles. The SMILES string of the molecule is CC(C)(C)Oc1ccc(P(c2ccc(OC(C)(C)C)cc2)c2ccc(OC(C)(C)C)cc2)cc1.